The van der Waals surface area contributed by atoms with Gasteiger partial charge in [-0.3, -0.25) is 4.79 Å². The van der Waals surface area contributed by atoms with Crippen molar-refractivity contribution in [2.75, 3.05) is 6.54 Å². The third-order valence-corrected chi connectivity index (χ3v) is 3.81. The Hall–Kier alpha value is -1.42. The van der Waals surface area contributed by atoms with Gasteiger partial charge in [-0.2, -0.15) is 0 Å². The van der Waals surface area contributed by atoms with Crippen molar-refractivity contribution in [1.29, 1.82) is 0 Å². The molecule has 3 nitrogen and oxygen atoms in total. The van der Waals surface area contributed by atoms with E-state index in [-0.39, 0.29) is 17.6 Å². The van der Waals surface area contributed by atoms with E-state index < -0.39 is 5.60 Å². The van der Waals surface area contributed by atoms with Crippen LogP contribution in [0.5, 0.6) is 0 Å². The second kappa shape index (κ2) is 5.70. The van der Waals surface area contributed by atoms with Crippen molar-refractivity contribution in [3.63, 3.8) is 0 Å². The summed E-state index contributed by atoms with van der Waals surface area (Å²) in [6.45, 7) is 2.22. The molecule has 0 heterocycles. The molecule has 1 aliphatic carbocycles. The summed E-state index contributed by atoms with van der Waals surface area (Å²) < 4.78 is 13.1. The number of halogens is 1. The Morgan fingerprint density at radius 2 is 2.26 bits per heavy atom. The molecular formula is C15H20FNO2. The molecule has 1 aliphatic rings. The number of aliphatic hydroxyl groups is 1. The predicted octanol–water partition coefficient (Wildman–Crippen LogP) is 2.35. The van der Waals surface area contributed by atoms with Crippen LogP contribution in [0, 0.1) is 5.82 Å². The van der Waals surface area contributed by atoms with E-state index in [1.165, 1.54) is 12.1 Å². The molecule has 104 valence electrons. The van der Waals surface area contributed by atoms with E-state index in [0.29, 0.717) is 13.0 Å². The van der Waals surface area contributed by atoms with Crippen LogP contribution in [0.4, 0.5) is 4.39 Å². The molecule has 4 heteroatoms. The molecule has 2 N–H and O–H groups in total. The molecule has 0 radical (unpaired) electrons. The van der Waals surface area contributed by atoms with Gasteiger partial charge in [0.05, 0.1) is 5.60 Å². The zero-order chi connectivity index (χ0) is 13.9. The van der Waals surface area contributed by atoms with Crippen LogP contribution in [0.25, 0.3) is 0 Å². The summed E-state index contributed by atoms with van der Waals surface area (Å²) in [5.41, 5.74) is 0.120. The summed E-state index contributed by atoms with van der Waals surface area (Å²) in [6, 6.07) is 6.32. The quantitative estimate of drug-likeness (QED) is 0.858. The number of carbonyl (C=O) groups is 1. The van der Waals surface area contributed by atoms with Gasteiger partial charge < -0.3 is 10.4 Å². The molecule has 0 aromatic heterocycles. The van der Waals surface area contributed by atoms with Crippen LogP contribution in [-0.4, -0.2) is 23.2 Å². The van der Waals surface area contributed by atoms with Gasteiger partial charge in [-0.1, -0.05) is 19.1 Å². The van der Waals surface area contributed by atoms with Crippen molar-refractivity contribution in [3.8, 4) is 0 Å². The second-order valence-corrected chi connectivity index (χ2v) is 5.51. The maximum absolute atomic E-state index is 13.1. The fraction of sp³-hybridized carbons (Fsp3) is 0.533. The monoisotopic (exact) mass is 265 g/mol. The van der Waals surface area contributed by atoms with Gasteiger partial charge in [-0.15, -0.1) is 0 Å². The Morgan fingerprint density at radius 1 is 1.53 bits per heavy atom. The fourth-order valence-electron chi connectivity index (χ4n) is 2.31. The Balaban J connectivity index is 1.81. The second-order valence-electron chi connectivity index (χ2n) is 5.51. The SMILES string of the molecule is CC(CC(=O)NCC1(O)CCC1)c1cccc(F)c1. The predicted molar refractivity (Wildman–Crippen MR) is 71.2 cm³/mol. The number of nitrogens with one attached hydrogen (secondary N) is 1. The average Bonchev–Trinajstić information content (AvgIpc) is 2.34. The first-order valence-electron chi connectivity index (χ1n) is 6.73. The summed E-state index contributed by atoms with van der Waals surface area (Å²) in [4.78, 5) is 11.8. The molecule has 0 bridgehead atoms. The maximum atomic E-state index is 13.1. The number of amides is 1. The van der Waals surface area contributed by atoms with Gasteiger partial charge in [0.15, 0.2) is 0 Å². The highest BCUT2D eigenvalue weighted by atomic mass is 19.1. The lowest BCUT2D eigenvalue weighted by atomic mass is 9.80. The molecule has 1 saturated carbocycles. The largest absolute Gasteiger partial charge is 0.388 e. The molecule has 1 atom stereocenters. The lowest BCUT2D eigenvalue weighted by Crippen LogP contribution is -2.47. The number of hydrogen-bond acceptors (Lipinski definition) is 2. The Bertz CT molecular complexity index is 457. The molecule has 19 heavy (non-hydrogen) atoms. The molecular weight excluding hydrogens is 245 g/mol. The summed E-state index contributed by atoms with van der Waals surface area (Å²) in [5.74, 6) is -0.419. The van der Waals surface area contributed by atoms with Crippen molar-refractivity contribution < 1.29 is 14.3 Å². The van der Waals surface area contributed by atoms with Crippen LogP contribution in [-0.2, 0) is 4.79 Å². The van der Waals surface area contributed by atoms with E-state index in [0.717, 1.165) is 24.8 Å². The van der Waals surface area contributed by atoms with Crippen molar-refractivity contribution in [1.82, 2.24) is 5.32 Å². The minimum atomic E-state index is -0.697. The molecule has 1 unspecified atom stereocenters. The summed E-state index contributed by atoms with van der Waals surface area (Å²) in [6.07, 6.45) is 2.84. The minimum Gasteiger partial charge on any atom is -0.388 e. The molecule has 1 aromatic rings. The van der Waals surface area contributed by atoms with Gasteiger partial charge in [-0.25, -0.2) is 4.39 Å². The number of rotatable bonds is 5. The Labute approximate surface area is 112 Å². The third kappa shape index (κ3) is 3.77. The molecule has 2 rings (SSSR count). The molecule has 0 saturated heterocycles. The van der Waals surface area contributed by atoms with Crippen LogP contribution >= 0.6 is 0 Å². The first kappa shape index (κ1) is 14.0. The van der Waals surface area contributed by atoms with Crippen molar-refractivity contribution >= 4 is 5.91 Å². The van der Waals surface area contributed by atoms with Crippen LogP contribution < -0.4 is 5.32 Å². The van der Waals surface area contributed by atoms with Gasteiger partial charge in [0, 0.05) is 13.0 Å². The van der Waals surface area contributed by atoms with Gasteiger partial charge in [0.2, 0.25) is 5.91 Å². The molecule has 1 fully saturated rings. The van der Waals surface area contributed by atoms with E-state index in [2.05, 4.69) is 5.32 Å². The smallest absolute Gasteiger partial charge is 0.220 e. The van der Waals surface area contributed by atoms with Crippen molar-refractivity contribution in [3.05, 3.63) is 35.6 Å². The standard InChI is InChI=1S/C15H20FNO2/c1-11(12-4-2-5-13(16)9-12)8-14(18)17-10-15(19)6-3-7-15/h2,4-5,9,11,19H,3,6-8,10H2,1H3,(H,17,18). The van der Waals surface area contributed by atoms with E-state index in [9.17, 15) is 14.3 Å². The topological polar surface area (TPSA) is 49.3 Å². The number of carbonyl (C=O) groups excluding carboxylic acids is 1. The Kier molecular flexibility index (Phi) is 4.20. The van der Waals surface area contributed by atoms with Gasteiger partial charge in [-0.05, 0) is 42.9 Å². The first-order valence-corrected chi connectivity index (χ1v) is 6.73. The molecule has 1 amide bonds. The maximum Gasteiger partial charge on any atom is 0.220 e. The van der Waals surface area contributed by atoms with Crippen molar-refractivity contribution in [2.24, 2.45) is 0 Å². The zero-order valence-electron chi connectivity index (χ0n) is 11.2. The fourth-order valence-corrected chi connectivity index (χ4v) is 2.31. The number of benzene rings is 1. The molecule has 0 aliphatic heterocycles. The summed E-state index contributed by atoms with van der Waals surface area (Å²) >= 11 is 0. The normalized spacial score (nSPS) is 18.5. The minimum absolute atomic E-state index is 0.0354. The van der Waals surface area contributed by atoms with Crippen molar-refractivity contribution in [2.45, 2.75) is 44.1 Å². The highest BCUT2D eigenvalue weighted by Gasteiger charge is 2.34. The summed E-state index contributed by atoms with van der Waals surface area (Å²) in [7, 11) is 0. The van der Waals surface area contributed by atoms with Crippen LogP contribution in [0.15, 0.2) is 24.3 Å². The van der Waals surface area contributed by atoms with E-state index in [4.69, 9.17) is 0 Å². The number of hydrogen-bond donors (Lipinski definition) is 2. The third-order valence-electron chi connectivity index (χ3n) is 3.81. The van der Waals surface area contributed by atoms with Crippen LogP contribution in [0.1, 0.15) is 44.1 Å². The van der Waals surface area contributed by atoms with Gasteiger partial charge >= 0.3 is 0 Å². The average molecular weight is 265 g/mol. The van der Waals surface area contributed by atoms with Crippen LogP contribution in [0.3, 0.4) is 0 Å². The highest BCUT2D eigenvalue weighted by molar-refractivity contribution is 5.76. The van der Waals surface area contributed by atoms with Gasteiger partial charge in [0.25, 0.3) is 0 Å². The zero-order valence-corrected chi connectivity index (χ0v) is 11.2. The van der Waals surface area contributed by atoms with Gasteiger partial charge in [0.1, 0.15) is 5.82 Å². The molecule has 0 spiro atoms. The Morgan fingerprint density at radius 3 is 2.84 bits per heavy atom. The highest BCUT2D eigenvalue weighted by Crippen LogP contribution is 2.30. The lowest BCUT2D eigenvalue weighted by molar-refractivity contribution is -0.123. The molecule has 1 aromatic carbocycles. The first-order chi connectivity index (χ1) is 8.98. The van der Waals surface area contributed by atoms with E-state index in [1.54, 1.807) is 6.07 Å². The van der Waals surface area contributed by atoms with E-state index >= 15 is 0 Å². The lowest BCUT2D eigenvalue weighted by Gasteiger charge is -2.36. The summed E-state index contributed by atoms with van der Waals surface area (Å²) in [5, 5.41) is 12.6. The van der Waals surface area contributed by atoms with E-state index in [1.807, 2.05) is 13.0 Å². The van der Waals surface area contributed by atoms with Crippen LogP contribution in [0.2, 0.25) is 0 Å².